The normalized spacial score (nSPS) is 10.7. The Bertz CT molecular complexity index is 969. The molecule has 0 atom stereocenters. The summed E-state index contributed by atoms with van der Waals surface area (Å²) in [5, 5.41) is 3.99. The second-order valence-electron chi connectivity index (χ2n) is 6.53. The third kappa shape index (κ3) is 6.74. The number of carbonyl (C=O) groups excluding carboxylic acids is 1. The van der Waals surface area contributed by atoms with Crippen molar-refractivity contribution in [2.24, 2.45) is 5.10 Å². The molecule has 0 radical (unpaired) electrons. The molecule has 0 aliphatic carbocycles. The number of nitrogens with one attached hydrogen (secondary N) is 1. The molecule has 0 spiro atoms. The van der Waals surface area contributed by atoms with Crippen LogP contribution in [0, 0.1) is 5.82 Å². The van der Waals surface area contributed by atoms with Crippen LogP contribution in [0.15, 0.2) is 77.9 Å². The van der Waals surface area contributed by atoms with Crippen LogP contribution in [0.2, 0.25) is 0 Å². The molecule has 6 heteroatoms. The Labute approximate surface area is 175 Å². The first-order valence-corrected chi connectivity index (χ1v) is 9.63. The van der Waals surface area contributed by atoms with Crippen molar-refractivity contribution in [2.45, 2.75) is 20.0 Å². The Morgan fingerprint density at radius 3 is 2.17 bits per heavy atom. The Morgan fingerprint density at radius 1 is 0.900 bits per heavy atom. The van der Waals surface area contributed by atoms with Gasteiger partial charge in [-0.3, -0.25) is 4.79 Å². The van der Waals surface area contributed by atoms with Gasteiger partial charge in [-0.25, -0.2) is 9.82 Å². The number of hydrazone groups is 1. The van der Waals surface area contributed by atoms with E-state index in [0.717, 1.165) is 22.4 Å². The summed E-state index contributed by atoms with van der Waals surface area (Å²) in [6.45, 7) is 2.89. The molecule has 0 saturated carbocycles. The first-order valence-electron chi connectivity index (χ1n) is 9.63. The molecule has 3 aromatic carbocycles. The molecule has 0 aromatic heterocycles. The van der Waals surface area contributed by atoms with Gasteiger partial charge in [0.15, 0.2) is 0 Å². The Kier molecular flexibility index (Phi) is 7.55. The average Bonchev–Trinajstić information content (AvgIpc) is 2.76. The van der Waals surface area contributed by atoms with E-state index in [4.69, 9.17) is 9.47 Å². The largest absolute Gasteiger partial charge is 0.494 e. The SMILES string of the molecule is CCOc1ccc(CC(=O)N/N=C\c2ccc(OCc3ccc(F)cc3)cc2)cc1. The van der Waals surface area contributed by atoms with E-state index in [1.807, 2.05) is 55.5 Å². The van der Waals surface area contributed by atoms with Crippen molar-refractivity contribution >= 4 is 12.1 Å². The molecule has 0 aliphatic rings. The van der Waals surface area contributed by atoms with Gasteiger partial charge in [-0.1, -0.05) is 24.3 Å². The Morgan fingerprint density at radius 2 is 1.50 bits per heavy atom. The molecule has 30 heavy (non-hydrogen) atoms. The van der Waals surface area contributed by atoms with Gasteiger partial charge in [0.25, 0.3) is 0 Å². The standard InChI is InChI=1S/C24H23FN2O3/c1-2-29-22-11-5-18(6-12-22)15-24(28)27-26-16-19-7-13-23(14-8-19)30-17-20-3-9-21(25)10-4-20/h3-14,16H,2,15,17H2,1H3,(H,27,28)/b26-16-. The fourth-order valence-electron chi connectivity index (χ4n) is 2.67. The monoisotopic (exact) mass is 406 g/mol. The zero-order valence-electron chi connectivity index (χ0n) is 16.7. The molecule has 5 nitrogen and oxygen atoms in total. The summed E-state index contributed by atoms with van der Waals surface area (Å²) in [6.07, 6.45) is 1.81. The molecule has 154 valence electrons. The van der Waals surface area contributed by atoms with Crippen LogP contribution >= 0.6 is 0 Å². The molecule has 3 rings (SSSR count). The van der Waals surface area contributed by atoms with Crippen molar-refractivity contribution in [3.05, 3.63) is 95.3 Å². The lowest BCUT2D eigenvalue weighted by molar-refractivity contribution is -0.120. The van der Waals surface area contributed by atoms with Crippen LogP contribution in [0.4, 0.5) is 4.39 Å². The number of amides is 1. The minimum absolute atomic E-state index is 0.199. The second-order valence-corrected chi connectivity index (χ2v) is 6.53. The van der Waals surface area contributed by atoms with Crippen LogP contribution in [0.25, 0.3) is 0 Å². The van der Waals surface area contributed by atoms with Crippen LogP contribution < -0.4 is 14.9 Å². The van der Waals surface area contributed by atoms with Crippen molar-refractivity contribution in [1.82, 2.24) is 5.43 Å². The number of hydrogen-bond donors (Lipinski definition) is 1. The average molecular weight is 406 g/mol. The van der Waals surface area contributed by atoms with E-state index >= 15 is 0 Å². The van der Waals surface area contributed by atoms with Gasteiger partial charge in [0.2, 0.25) is 5.91 Å². The molecule has 0 bridgehead atoms. The molecule has 3 aromatic rings. The van der Waals surface area contributed by atoms with E-state index in [1.54, 1.807) is 18.3 Å². The molecule has 0 unspecified atom stereocenters. The highest BCUT2D eigenvalue weighted by Gasteiger charge is 2.03. The van der Waals surface area contributed by atoms with E-state index in [9.17, 15) is 9.18 Å². The van der Waals surface area contributed by atoms with Gasteiger partial charge in [0.1, 0.15) is 23.9 Å². The number of carbonyl (C=O) groups is 1. The Hall–Kier alpha value is -3.67. The minimum atomic E-state index is -0.269. The number of hydrogen-bond acceptors (Lipinski definition) is 4. The topological polar surface area (TPSA) is 59.9 Å². The predicted molar refractivity (Wildman–Crippen MR) is 114 cm³/mol. The van der Waals surface area contributed by atoms with Crippen molar-refractivity contribution in [3.8, 4) is 11.5 Å². The van der Waals surface area contributed by atoms with Crippen LogP contribution in [0.1, 0.15) is 23.6 Å². The molecule has 0 heterocycles. The highest BCUT2D eigenvalue weighted by Crippen LogP contribution is 2.14. The summed E-state index contributed by atoms with van der Waals surface area (Å²) in [4.78, 5) is 12.0. The van der Waals surface area contributed by atoms with Gasteiger partial charge in [-0.05, 0) is 72.1 Å². The highest BCUT2D eigenvalue weighted by molar-refractivity contribution is 5.83. The summed E-state index contributed by atoms with van der Waals surface area (Å²) in [7, 11) is 0. The fraction of sp³-hybridized carbons (Fsp3) is 0.167. The minimum Gasteiger partial charge on any atom is -0.494 e. The summed E-state index contributed by atoms with van der Waals surface area (Å²) in [5.41, 5.74) is 5.12. The predicted octanol–water partition coefficient (Wildman–Crippen LogP) is 4.50. The maximum atomic E-state index is 12.9. The molecule has 0 fully saturated rings. The van der Waals surface area contributed by atoms with Crippen molar-refractivity contribution in [1.29, 1.82) is 0 Å². The quantitative estimate of drug-likeness (QED) is 0.421. The van der Waals surface area contributed by atoms with Gasteiger partial charge in [0.05, 0.1) is 19.2 Å². The van der Waals surface area contributed by atoms with E-state index < -0.39 is 0 Å². The summed E-state index contributed by atoms with van der Waals surface area (Å²) < 4.78 is 24.0. The lowest BCUT2D eigenvalue weighted by Crippen LogP contribution is -2.19. The Balaban J connectivity index is 1.44. The van der Waals surface area contributed by atoms with Crippen molar-refractivity contribution < 1.29 is 18.7 Å². The molecule has 0 saturated heterocycles. The molecular formula is C24H23FN2O3. The van der Waals surface area contributed by atoms with E-state index in [1.165, 1.54) is 12.1 Å². The number of rotatable bonds is 9. The zero-order chi connectivity index (χ0) is 21.2. The second kappa shape index (κ2) is 10.8. The first kappa shape index (κ1) is 21.0. The van der Waals surface area contributed by atoms with Crippen LogP contribution in [0.5, 0.6) is 11.5 Å². The smallest absolute Gasteiger partial charge is 0.244 e. The number of ether oxygens (including phenoxy) is 2. The summed E-state index contributed by atoms with van der Waals surface area (Å²) in [6, 6.07) is 20.9. The summed E-state index contributed by atoms with van der Waals surface area (Å²) >= 11 is 0. The fourth-order valence-corrected chi connectivity index (χ4v) is 2.67. The highest BCUT2D eigenvalue weighted by atomic mass is 19.1. The van der Waals surface area contributed by atoms with Gasteiger partial charge >= 0.3 is 0 Å². The van der Waals surface area contributed by atoms with Crippen LogP contribution in [0.3, 0.4) is 0 Å². The lowest BCUT2D eigenvalue weighted by Gasteiger charge is -2.06. The molecule has 1 amide bonds. The van der Waals surface area contributed by atoms with Gasteiger partial charge in [-0.2, -0.15) is 5.10 Å². The van der Waals surface area contributed by atoms with Crippen molar-refractivity contribution in [3.63, 3.8) is 0 Å². The van der Waals surface area contributed by atoms with E-state index in [0.29, 0.717) is 19.0 Å². The van der Waals surface area contributed by atoms with Gasteiger partial charge in [0, 0.05) is 0 Å². The van der Waals surface area contributed by atoms with Gasteiger partial charge < -0.3 is 9.47 Å². The maximum absolute atomic E-state index is 12.9. The van der Waals surface area contributed by atoms with E-state index in [2.05, 4.69) is 10.5 Å². The van der Waals surface area contributed by atoms with Crippen LogP contribution in [-0.2, 0) is 17.8 Å². The molecular weight excluding hydrogens is 383 g/mol. The van der Waals surface area contributed by atoms with Crippen LogP contribution in [-0.4, -0.2) is 18.7 Å². The number of halogens is 1. The third-order valence-corrected chi connectivity index (χ3v) is 4.20. The zero-order valence-corrected chi connectivity index (χ0v) is 16.7. The first-order chi connectivity index (χ1) is 14.6. The lowest BCUT2D eigenvalue weighted by atomic mass is 10.1. The van der Waals surface area contributed by atoms with Gasteiger partial charge in [-0.15, -0.1) is 0 Å². The third-order valence-electron chi connectivity index (χ3n) is 4.20. The number of benzene rings is 3. The molecule has 0 aliphatic heterocycles. The number of nitrogens with zero attached hydrogens (tertiary/aromatic N) is 1. The van der Waals surface area contributed by atoms with E-state index in [-0.39, 0.29) is 18.1 Å². The molecule has 1 N–H and O–H groups in total. The summed E-state index contributed by atoms with van der Waals surface area (Å²) in [5.74, 6) is 1.00. The maximum Gasteiger partial charge on any atom is 0.244 e. The van der Waals surface area contributed by atoms with Crippen molar-refractivity contribution in [2.75, 3.05) is 6.61 Å².